The van der Waals surface area contributed by atoms with Crippen LogP contribution < -0.4 is 5.32 Å². The molecule has 1 atom stereocenters. The first-order valence-corrected chi connectivity index (χ1v) is 7.54. The molecule has 0 bridgehead atoms. The monoisotopic (exact) mass is 308 g/mol. The molecule has 2 aromatic rings. The second-order valence-corrected chi connectivity index (χ2v) is 5.46. The first-order valence-electron chi connectivity index (χ1n) is 6.79. The molecule has 0 saturated heterocycles. The highest BCUT2D eigenvalue weighted by molar-refractivity contribution is 6.42. The van der Waals surface area contributed by atoms with Crippen LogP contribution in [0.2, 0.25) is 10.0 Å². The van der Waals surface area contributed by atoms with Crippen molar-refractivity contribution in [3.8, 4) is 0 Å². The summed E-state index contributed by atoms with van der Waals surface area (Å²) in [5.41, 5.74) is 2.27. The van der Waals surface area contributed by atoms with Gasteiger partial charge in [-0.15, -0.1) is 0 Å². The maximum Gasteiger partial charge on any atom is 0.0595 e. The molecule has 1 N–H and O–H groups in total. The van der Waals surface area contributed by atoms with Gasteiger partial charge >= 0.3 is 0 Å². The lowest BCUT2D eigenvalue weighted by molar-refractivity contribution is 0.513. The van der Waals surface area contributed by atoms with E-state index in [4.69, 9.17) is 23.2 Å². The highest BCUT2D eigenvalue weighted by atomic mass is 35.5. The Bertz CT molecular complexity index is 543. The van der Waals surface area contributed by atoms with Crippen molar-refractivity contribution in [3.63, 3.8) is 0 Å². The van der Waals surface area contributed by atoms with Crippen LogP contribution in [0.1, 0.15) is 30.6 Å². The van der Waals surface area contributed by atoms with E-state index in [-0.39, 0.29) is 6.04 Å². The van der Waals surface area contributed by atoms with Gasteiger partial charge in [-0.05, 0) is 49.2 Å². The van der Waals surface area contributed by atoms with E-state index in [1.807, 2.05) is 36.5 Å². The fraction of sp³-hybridized carbons (Fsp3) is 0.312. The van der Waals surface area contributed by atoms with Gasteiger partial charge in [0.2, 0.25) is 0 Å². The first-order chi connectivity index (χ1) is 9.70. The van der Waals surface area contributed by atoms with Crippen molar-refractivity contribution in [1.29, 1.82) is 0 Å². The third-order valence-electron chi connectivity index (χ3n) is 3.21. The van der Waals surface area contributed by atoms with Crippen molar-refractivity contribution in [3.05, 3.63) is 63.9 Å². The second kappa shape index (κ2) is 7.63. The molecule has 1 heterocycles. The Morgan fingerprint density at radius 1 is 1.15 bits per heavy atom. The lowest BCUT2D eigenvalue weighted by Gasteiger charge is -2.18. The minimum atomic E-state index is 0.261. The number of hydrogen-bond acceptors (Lipinski definition) is 2. The van der Waals surface area contributed by atoms with Crippen molar-refractivity contribution in [2.45, 2.75) is 25.8 Å². The van der Waals surface area contributed by atoms with Gasteiger partial charge < -0.3 is 5.32 Å². The van der Waals surface area contributed by atoms with Crippen LogP contribution in [-0.2, 0) is 6.42 Å². The summed E-state index contributed by atoms with van der Waals surface area (Å²) < 4.78 is 0. The Hall–Kier alpha value is -1.09. The van der Waals surface area contributed by atoms with E-state index >= 15 is 0 Å². The molecule has 1 unspecified atom stereocenters. The molecule has 0 radical (unpaired) electrons. The maximum atomic E-state index is 6.10. The zero-order valence-electron chi connectivity index (χ0n) is 11.4. The van der Waals surface area contributed by atoms with Crippen molar-refractivity contribution in [2.75, 3.05) is 6.54 Å². The molecule has 1 aromatic carbocycles. The van der Waals surface area contributed by atoms with E-state index in [0.717, 1.165) is 30.6 Å². The molecule has 106 valence electrons. The zero-order chi connectivity index (χ0) is 14.4. The molecule has 1 aromatic heterocycles. The third-order valence-corrected chi connectivity index (χ3v) is 3.95. The number of hydrogen-bond donors (Lipinski definition) is 1. The van der Waals surface area contributed by atoms with Crippen LogP contribution in [0.15, 0.2) is 42.6 Å². The van der Waals surface area contributed by atoms with Crippen LogP contribution in [0, 0.1) is 0 Å². The highest BCUT2D eigenvalue weighted by Crippen LogP contribution is 2.27. The number of halogens is 2. The van der Waals surface area contributed by atoms with Crippen molar-refractivity contribution in [1.82, 2.24) is 10.3 Å². The normalized spacial score (nSPS) is 12.3. The molecule has 2 rings (SSSR count). The summed E-state index contributed by atoms with van der Waals surface area (Å²) >= 11 is 12.1. The third kappa shape index (κ3) is 4.20. The summed E-state index contributed by atoms with van der Waals surface area (Å²) in [5.74, 6) is 0. The summed E-state index contributed by atoms with van der Waals surface area (Å²) in [7, 11) is 0. The van der Waals surface area contributed by atoms with Gasteiger partial charge in [-0.3, -0.25) is 4.98 Å². The van der Waals surface area contributed by atoms with Crippen LogP contribution in [0.25, 0.3) is 0 Å². The van der Waals surface area contributed by atoms with Crippen molar-refractivity contribution < 1.29 is 0 Å². The predicted molar refractivity (Wildman–Crippen MR) is 85.4 cm³/mol. The van der Waals surface area contributed by atoms with Crippen LogP contribution in [0.5, 0.6) is 0 Å². The Kier molecular flexibility index (Phi) is 5.84. The molecular weight excluding hydrogens is 291 g/mol. The van der Waals surface area contributed by atoms with Gasteiger partial charge in [0.25, 0.3) is 0 Å². The number of aromatic nitrogens is 1. The van der Waals surface area contributed by atoms with E-state index in [9.17, 15) is 0 Å². The smallest absolute Gasteiger partial charge is 0.0595 e. The van der Waals surface area contributed by atoms with E-state index in [1.165, 1.54) is 0 Å². The van der Waals surface area contributed by atoms with Crippen molar-refractivity contribution in [2.24, 2.45) is 0 Å². The Morgan fingerprint density at radius 3 is 2.65 bits per heavy atom. The van der Waals surface area contributed by atoms with Crippen molar-refractivity contribution >= 4 is 23.2 Å². The molecule has 0 aliphatic carbocycles. The topological polar surface area (TPSA) is 24.9 Å². The Labute approximate surface area is 130 Å². The summed E-state index contributed by atoms with van der Waals surface area (Å²) in [6, 6.07) is 12.1. The van der Waals surface area contributed by atoms with Gasteiger partial charge in [0, 0.05) is 17.9 Å². The second-order valence-electron chi connectivity index (χ2n) is 4.64. The average molecular weight is 309 g/mol. The van der Waals surface area contributed by atoms with Gasteiger partial charge in [0.15, 0.2) is 0 Å². The summed E-state index contributed by atoms with van der Waals surface area (Å²) in [6.07, 6.45) is 3.73. The van der Waals surface area contributed by atoms with Gasteiger partial charge in [0.1, 0.15) is 0 Å². The average Bonchev–Trinajstić information content (AvgIpc) is 2.47. The lowest BCUT2D eigenvalue weighted by atomic mass is 10.0. The number of nitrogens with one attached hydrogen (secondary N) is 1. The lowest BCUT2D eigenvalue weighted by Crippen LogP contribution is -2.21. The van der Waals surface area contributed by atoms with Gasteiger partial charge in [-0.25, -0.2) is 0 Å². The number of benzene rings is 1. The van der Waals surface area contributed by atoms with Gasteiger partial charge in [-0.1, -0.05) is 42.3 Å². The Balaban J connectivity index is 2.08. The van der Waals surface area contributed by atoms with Crippen LogP contribution in [-0.4, -0.2) is 11.5 Å². The molecule has 0 spiro atoms. The summed E-state index contributed by atoms with van der Waals surface area (Å²) in [5, 5.41) is 4.68. The minimum absolute atomic E-state index is 0.261. The SMILES string of the molecule is CCNC(CCc1ccccn1)c1ccc(Cl)c(Cl)c1. The predicted octanol–water partition coefficient (Wildman–Crippen LogP) is 4.67. The number of rotatable bonds is 6. The highest BCUT2D eigenvalue weighted by Gasteiger charge is 2.12. The van der Waals surface area contributed by atoms with Crippen LogP contribution in [0.4, 0.5) is 0 Å². The fourth-order valence-corrected chi connectivity index (χ4v) is 2.51. The Morgan fingerprint density at radius 2 is 2.00 bits per heavy atom. The molecule has 2 nitrogen and oxygen atoms in total. The van der Waals surface area contributed by atoms with E-state index in [2.05, 4.69) is 23.3 Å². The van der Waals surface area contributed by atoms with Gasteiger partial charge in [0.05, 0.1) is 10.0 Å². The quantitative estimate of drug-likeness (QED) is 0.838. The first kappa shape index (κ1) is 15.3. The van der Waals surface area contributed by atoms with E-state index in [1.54, 1.807) is 0 Å². The molecule has 20 heavy (non-hydrogen) atoms. The molecule has 0 saturated carbocycles. The molecule has 0 aliphatic heterocycles. The van der Waals surface area contributed by atoms with E-state index in [0.29, 0.717) is 10.0 Å². The van der Waals surface area contributed by atoms with Crippen LogP contribution >= 0.6 is 23.2 Å². The van der Waals surface area contributed by atoms with E-state index < -0.39 is 0 Å². The molecule has 4 heteroatoms. The van der Waals surface area contributed by atoms with Gasteiger partial charge in [-0.2, -0.15) is 0 Å². The molecule has 0 aliphatic rings. The largest absolute Gasteiger partial charge is 0.310 e. The summed E-state index contributed by atoms with van der Waals surface area (Å²) in [4.78, 5) is 4.36. The standard InChI is InChI=1S/C16H18Cl2N2/c1-2-19-16(9-7-13-5-3-4-10-20-13)12-6-8-14(17)15(18)11-12/h3-6,8,10-11,16,19H,2,7,9H2,1H3. The summed E-state index contributed by atoms with van der Waals surface area (Å²) in [6.45, 7) is 3.01. The number of pyridine rings is 1. The fourth-order valence-electron chi connectivity index (χ4n) is 2.20. The molecule has 0 fully saturated rings. The number of aryl methyl sites for hydroxylation is 1. The molecule has 0 amide bonds. The maximum absolute atomic E-state index is 6.10. The minimum Gasteiger partial charge on any atom is -0.310 e. The number of nitrogens with zero attached hydrogens (tertiary/aromatic N) is 1. The zero-order valence-corrected chi connectivity index (χ0v) is 13.0. The van der Waals surface area contributed by atoms with Crippen LogP contribution in [0.3, 0.4) is 0 Å². The molecular formula is C16H18Cl2N2.